The molecule has 0 radical (unpaired) electrons. The van der Waals surface area contributed by atoms with Gasteiger partial charge in [0.25, 0.3) is 5.91 Å². The Morgan fingerprint density at radius 3 is 2.64 bits per heavy atom. The van der Waals surface area contributed by atoms with E-state index < -0.39 is 0 Å². The van der Waals surface area contributed by atoms with E-state index in [0.717, 1.165) is 42.0 Å². The van der Waals surface area contributed by atoms with Crippen molar-refractivity contribution in [2.45, 2.75) is 32.3 Å². The summed E-state index contributed by atoms with van der Waals surface area (Å²) in [5.41, 5.74) is 4.36. The number of carbonyl (C=O) groups is 1. The molecule has 170 valence electrons. The first kappa shape index (κ1) is 21.3. The SMILES string of the molecule is O=C(c1c(O)cc(O)cc1OCc1ccccc1)N1Cc2cccc(CNC3COC3)c2C1. The van der Waals surface area contributed by atoms with Gasteiger partial charge in [-0.15, -0.1) is 0 Å². The largest absolute Gasteiger partial charge is 0.508 e. The van der Waals surface area contributed by atoms with Crippen LogP contribution < -0.4 is 10.1 Å². The third-order valence-electron chi connectivity index (χ3n) is 6.10. The summed E-state index contributed by atoms with van der Waals surface area (Å²) >= 11 is 0. The number of carbonyl (C=O) groups excluding carboxylic acids is 1. The lowest BCUT2D eigenvalue weighted by Gasteiger charge is -2.27. The average molecular weight is 447 g/mol. The van der Waals surface area contributed by atoms with Crippen LogP contribution in [-0.2, 0) is 31.0 Å². The number of benzene rings is 3. The van der Waals surface area contributed by atoms with E-state index in [0.29, 0.717) is 19.1 Å². The van der Waals surface area contributed by atoms with Crippen LogP contribution in [0.1, 0.15) is 32.6 Å². The molecule has 2 heterocycles. The summed E-state index contributed by atoms with van der Waals surface area (Å²) in [7, 11) is 0. The molecular formula is C26H26N2O5. The number of fused-ring (bicyclic) bond motifs is 1. The minimum Gasteiger partial charge on any atom is -0.508 e. The number of nitrogens with zero attached hydrogens (tertiary/aromatic N) is 1. The van der Waals surface area contributed by atoms with E-state index in [4.69, 9.17) is 9.47 Å². The molecule has 7 nitrogen and oxygen atoms in total. The van der Waals surface area contributed by atoms with Crippen LogP contribution >= 0.6 is 0 Å². The Labute approximate surface area is 192 Å². The van der Waals surface area contributed by atoms with Crippen LogP contribution in [0.3, 0.4) is 0 Å². The van der Waals surface area contributed by atoms with Gasteiger partial charge in [-0.3, -0.25) is 4.79 Å². The van der Waals surface area contributed by atoms with Gasteiger partial charge < -0.3 is 29.9 Å². The predicted octanol–water partition coefficient (Wildman–Crippen LogP) is 3.32. The maximum atomic E-state index is 13.5. The summed E-state index contributed by atoms with van der Waals surface area (Å²) in [5, 5.41) is 24.0. The number of amides is 1. The molecule has 0 aliphatic carbocycles. The fraction of sp³-hybridized carbons (Fsp3) is 0.269. The summed E-state index contributed by atoms with van der Waals surface area (Å²) in [6.45, 7) is 3.29. The lowest BCUT2D eigenvalue weighted by molar-refractivity contribution is -0.00581. The first-order valence-electron chi connectivity index (χ1n) is 11.0. The summed E-state index contributed by atoms with van der Waals surface area (Å²) in [6, 6.07) is 18.6. The number of hydrogen-bond donors (Lipinski definition) is 3. The summed E-state index contributed by atoms with van der Waals surface area (Å²) in [6.07, 6.45) is 0. The third-order valence-corrected chi connectivity index (χ3v) is 6.10. The standard InChI is InChI=1S/C26H26N2O5/c29-21-9-23(30)25(24(10-21)33-14-17-5-2-1-3-6-17)26(31)28-12-19-8-4-7-18(22(19)13-28)11-27-20-15-32-16-20/h1-10,20,27,29-30H,11-16H2. The number of nitrogens with one attached hydrogen (secondary N) is 1. The van der Waals surface area contributed by atoms with E-state index in [9.17, 15) is 15.0 Å². The van der Waals surface area contributed by atoms with Crippen molar-refractivity contribution in [2.24, 2.45) is 0 Å². The highest BCUT2D eigenvalue weighted by Gasteiger charge is 2.30. The number of rotatable bonds is 7. The highest BCUT2D eigenvalue weighted by atomic mass is 16.5. The zero-order chi connectivity index (χ0) is 22.8. The molecule has 0 saturated carbocycles. The Morgan fingerprint density at radius 2 is 1.88 bits per heavy atom. The van der Waals surface area contributed by atoms with E-state index in [1.807, 2.05) is 42.5 Å². The predicted molar refractivity (Wildman–Crippen MR) is 122 cm³/mol. The summed E-state index contributed by atoms with van der Waals surface area (Å²) in [5.74, 6) is -0.640. The number of aromatic hydroxyl groups is 2. The number of ether oxygens (including phenoxy) is 2. The Bertz CT molecular complexity index is 1160. The van der Waals surface area contributed by atoms with Crippen molar-refractivity contribution in [1.29, 1.82) is 0 Å². The number of hydrogen-bond acceptors (Lipinski definition) is 6. The minimum atomic E-state index is -0.335. The maximum Gasteiger partial charge on any atom is 0.262 e. The Balaban J connectivity index is 1.35. The zero-order valence-electron chi connectivity index (χ0n) is 18.2. The third kappa shape index (κ3) is 4.51. The second-order valence-corrected chi connectivity index (χ2v) is 8.44. The van der Waals surface area contributed by atoms with Crippen molar-refractivity contribution in [3.05, 3.63) is 88.5 Å². The number of phenolic OH excluding ortho intramolecular Hbond substituents is 2. The molecule has 0 aromatic heterocycles. The molecule has 3 aromatic carbocycles. The molecule has 3 aromatic rings. The van der Waals surface area contributed by atoms with Gasteiger partial charge >= 0.3 is 0 Å². The van der Waals surface area contributed by atoms with Gasteiger partial charge in [-0.1, -0.05) is 48.5 Å². The normalized spacial score (nSPS) is 15.2. The fourth-order valence-corrected chi connectivity index (χ4v) is 4.22. The van der Waals surface area contributed by atoms with Gasteiger partial charge in [-0.2, -0.15) is 0 Å². The van der Waals surface area contributed by atoms with Crippen molar-refractivity contribution in [1.82, 2.24) is 10.2 Å². The lowest BCUT2D eigenvalue weighted by Crippen LogP contribution is -2.45. The van der Waals surface area contributed by atoms with Gasteiger partial charge in [0.15, 0.2) is 0 Å². The molecule has 0 spiro atoms. The fourth-order valence-electron chi connectivity index (χ4n) is 4.22. The smallest absolute Gasteiger partial charge is 0.262 e. The lowest BCUT2D eigenvalue weighted by atomic mass is 10.0. The van der Waals surface area contributed by atoms with Gasteiger partial charge in [0.1, 0.15) is 29.4 Å². The monoisotopic (exact) mass is 446 g/mol. The maximum absolute atomic E-state index is 13.5. The van der Waals surface area contributed by atoms with E-state index in [1.54, 1.807) is 4.90 Å². The van der Waals surface area contributed by atoms with Crippen LogP contribution in [-0.4, -0.2) is 40.3 Å². The van der Waals surface area contributed by atoms with Crippen molar-refractivity contribution in [3.8, 4) is 17.2 Å². The van der Waals surface area contributed by atoms with Crippen LogP contribution in [0.2, 0.25) is 0 Å². The quantitative estimate of drug-likeness (QED) is 0.516. The van der Waals surface area contributed by atoms with E-state index in [-0.39, 0.29) is 35.3 Å². The van der Waals surface area contributed by atoms with Crippen molar-refractivity contribution in [3.63, 3.8) is 0 Å². The minimum absolute atomic E-state index is 0.0582. The topological polar surface area (TPSA) is 91.3 Å². The highest BCUT2D eigenvalue weighted by Crippen LogP contribution is 2.36. The highest BCUT2D eigenvalue weighted by molar-refractivity contribution is 6.00. The second kappa shape index (κ2) is 9.13. The van der Waals surface area contributed by atoms with Gasteiger partial charge in [0.05, 0.1) is 19.3 Å². The van der Waals surface area contributed by atoms with Crippen LogP contribution in [0.15, 0.2) is 60.7 Å². The molecule has 0 bridgehead atoms. The molecule has 0 unspecified atom stereocenters. The van der Waals surface area contributed by atoms with E-state index in [1.165, 1.54) is 12.1 Å². The van der Waals surface area contributed by atoms with Gasteiger partial charge in [-0.25, -0.2) is 0 Å². The second-order valence-electron chi connectivity index (χ2n) is 8.44. The van der Waals surface area contributed by atoms with Gasteiger partial charge in [0.2, 0.25) is 0 Å². The average Bonchev–Trinajstić information content (AvgIpc) is 3.22. The summed E-state index contributed by atoms with van der Waals surface area (Å²) in [4.78, 5) is 15.2. The zero-order valence-corrected chi connectivity index (χ0v) is 18.2. The van der Waals surface area contributed by atoms with E-state index >= 15 is 0 Å². The van der Waals surface area contributed by atoms with Crippen molar-refractivity contribution >= 4 is 5.91 Å². The molecule has 1 amide bonds. The molecule has 1 fully saturated rings. The van der Waals surface area contributed by atoms with Crippen molar-refractivity contribution < 1.29 is 24.5 Å². The van der Waals surface area contributed by atoms with Crippen molar-refractivity contribution in [2.75, 3.05) is 13.2 Å². The van der Waals surface area contributed by atoms with Crippen LogP contribution in [0.5, 0.6) is 17.2 Å². The van der Waals surface area contributed by atoms with Crippen LogP contribution in [0.25, 0.3) is 0 Å². The Hall–Kier alpha value is -3.55. The van der Waals surface area contributed by atoms with Crippen LogP contribution in [0.4, 0.5) is 0 Å². The molecule has 3 N–H and O–H groups in total. The molecule has 0 atom stereocenters. The Kier molecular flexibility index (Phi) is 5.90. The molecular weight excluding hydrogens is 420 g/mol. The molecule has 7 heteroatoms. The van der Waals surface area contributed by atoms with Crippen LogP contribution in [0, 0.1) is 0 Å². The van der Waals surface area contributed by atoms with Gasteiger partial charge in [0, 0.05) is 31.8 Å². The first-order chi connectivity index (χ1) is 16.1. The molecule has 5 rings (SSSR count). The molecule has 2 aliphatic heterocycles. The molecule has 2 aliphatic rings. The first-order valence-corrected chi connectivity index (χ1v) is 11.0. The summed E-state index contributed by atoms with van der Waals surface area (Å²) < 4.78 is 11.1. The van der Waals surface area contributed by atoms with Gasteiger partial charge in [-0.05, 0) is 22.3 Å². The molecule has 1 saturated heterocycles. The molecule has 33 heavy (non-hydrogen) atoms. The van der Waals surface area contributed by atoms with E-state index in [2.05, 4.69) is 11.4 Å². The Morgan fingerprint density at radius 1 is 1.06 bits per heavy atom. The number of phenols is 2.